The Bertz CT molecular complexity index is 1320. The summed E-state index contributed by atoms with van der Waals surface area (Å²) in [6.07, 6.45) is 9.20. The first-order valence-electron chi connectivity index (χ1n) is 16.2. The maximum absolute atomic E-state index is 12.2. The molecule has 6 rings (SSSR count). The van der Waals surface area contributed by atoms with E-state index >= 15 is 0 Å². The van der Waals surface area contributed by atoms with Gasteiger partial charge >= 0.3 is 18.0 Å². The van der Waals surface area contributed by atoms with Gasteiger partial charge in [0.25, 0.3) is 0 Å². The van der Waals surface area contributed by atoms with Crippen molar-refractivity contribution in [3.8, 4) is 0 Å². The van der Waals surface area contributed by atoms with E-state index in [4.69, 9.17) is 38.2 Å². The van der Waals surface area contributed by atoms with Crippen molar-refractivity contribution in [3.63, 3.8) is 0 Å². The Hall–Kier alpha value is -2.81. The van der Waals surface area contributed by atoms with E-state index < -0.39 is 17.5 Å². The van der Waals surface area contributed by atoms with Crippen molar-refractivity contribution in [1.29, 1.82) is 0 Å². The molecular weight excluding hydrogens is 627 g/mol. The Morgan fingerprint density at radius 2 is 1.28 bits per heavy atom. The number of alkyl halides is 2. The number of rotatable bonds is 6. The van der Waals surface area contributed by atoms with Crippen molar-refractivity contribution in [1.82, 2.24) is 10.2 Å². The van der Waals surface area contributed by atoms with Gasteiger partial charge in [0.1, 0.15) is 5.60 Å². The predicted octanol–water partition coefficient (Wildman–Crippen LogP) is 7.70. The maximum Gasteiger partial charge on any atom is 0.410 e. The molecule has 4 aliphatic rings. The largest absolute Gasteiger partial charge is 0.478 e. The van der Waals surface area contributed by atoms with Gasteiger partial charge in [-0.2, -0.15) is 0 Å². The predicted molar refractivity (Wildman–Crippen MR) is 181 cm³/mol. The number of carboxylic acids is 2. The van der Waals surface area contributed by atoms with Gasteiger partial charge in [-0.05, 0) is 137 Å². The molecule has 0 bridgehead atoms. The monoisotopic (exact) mass is 674 g/mol. The molecule has 2 spiro atoms. The van der Waals surface area contributed by atoms with E-state index in [9.17, 15) is 14.4 Å². The normalized spacial score (nSPS) is 26.2. The van der Waals surface area contributed by atoms with Crippen molar-refractivity contribution in [2.45, 2.75) is 77.7 Å². The molecule has 2 saturated heterocycles. The van der Waals surface area contributed by atoms with Crippen LogP contribution in [-0.4, -0.2) is 70.3 Å². The van der Waals surface area contributed by atoms with Gasteiger partial charge in [0, 0.05) is 19.6 Å². The van der Waals surface area contributed by atoms with Crippen LogP contribution in [0.5, 0.6) is 0 Å². The van der Waals surface area contributed by atoms with Crippen molar-refractivity contribution in [2.24, 2.45) is 22.7 Å². The molecule has 2 aliphatic heterocycles. The number of likely N-dealkylation sites (tertiary alicyclic amines) is 1. The summed E-state index contributed by atoms with van der Waals surface area (Å²) in [7, 11) is 0. The number of aromatic carboxylic acids is 2. The average Bonchev–Trinajstić information content (AvgIpc) is 3.62. The third-order valence-corrected chi connectivity index (χ3v) is 9.76. The van der Waals surface area contributed by atoms with Gasteiger partial charge < -0.3 is 25.2 Å². The number of carboxylic acid groups (broad SMARTS) is 2. The summed E-state index contributed by atoms with van der Waals surface area (Å²) < 4.78 is 5.48. The highest BCUT2D eigenvalue weighted by atomic mass is 35.5. The van der Waals surface area contributed by atoms with Crippen LogP contribution >= 0.6 is 23.2 Å². The fourth-order valence-corrected chi connectivity index (χ4v) is 7.75. The van der Waals surface area contributed by atoms with E-state index in [1.807, 2.05) is 49.9 Å². The Morgan fingerprint density at radius 1 is 0.826 bits per heavy atom. The van der Waals surface area contributed by atoms with Crippen molar-refractivity contribution in [3.05, 3.63) is 70.8 Å². The fraction of sp³-hybridized carbons (Fsp3) is 0.583. The summed E-state index contributed by atoms with van der Waals surface area (Å²) in [4.78, 5) is 35.7. The summed E-state index contributed by atoms with van der Waals surface area (Å²) in [5.41, 5.74) is 3.59. The second kappa shape index (κ2) is 15.4. The lowest BCUT2D eigenvalue weighted by Crippen LogP contribution is -2.42. The first-order valence-corrected chi connectivity index (χ1v) is 17.3. The number of nitrogens with zero attached hydrogens (tertiary/aromatic N) is 1. The molecule has 2 aliphatic carbocycles. The molecule has 8 nitrogen and oxygen atoms in total. The van der Waals surface area contributed by atoms with Gasteiger partial charge in [0.2, 0.25) is 0 Å². The standard InChI is InChI=1S/C20H27NO4.C15H19NO2.CH2Cl2/c1-19(2,3)25-18(24)21-9-8-20(13-21)11-15(12-20)10-14-4-6-16(7-5-14)17(22)23;17-14(18)13-3-1-11(2-4-13)7-12-8-15(9-12)5-6-16-10-15;2-1-3/h4-7,15H,8-13H2,1-3H3,(H,22,23);1-4,12,16H,5-10H2,(H,17,18);1H2. The van der Waals surface area contributed by atoms with Gasteiger partial charge in [-0.1, -0.05) is 24.3 Å². The molecule has 2 aromatic rings. The van der Waals surface area contributed by atoms with E-state index in [-0.39, 0.29) is 16.8 Å². The topological polar surface area (TPSA) is 116 Å². The summed E-state index contributed by atoms with van der Waals surface area (Å²) in [5, 5.41) is 21.4. The molecular formula is C36H48Cl2N2O6. The van der Waals surface area contributed by atoms with Crippen LogP contribution in [0.2, 0.25) is 0 Å². The minimum absolute atomic E-state index is 0.194. The number of halogens is 2. The lowest BCUT2D eigenvalue weighted by atomic mass is 9.60. The first kappa shape index (κ1) is 36.0. The van der Waals surface area contributed by atoms with Crippen LogP contribution in [0.1, 0.15) is 91.1 Å². The molecule has 2 aromatic carbocycles. The quantitative estimate of drug-likeness (QED) is 0.269. The first-order chi connectivity index (χ1) is 21.7. The Kier molecular flexibility index (Phi) is 12.1. The molecule has 3 N–H and O–H groups in total. The number of amides is 1. The van der Waals surface area contributed by atoms with Gasteiger partial charge in [0.15, 0.2) is 0 Å². The summed E-state index contributed by atoms with van der Waals surface area (Å²) in [6.45, 7) is 9.65. The molecule has 0 aromatic heterocycles. The minimum Gasteiger partial charge on any atom is -0.478 e. The molecule has 46 heavy (non-hydrogen) atoms. The molecule has 2 heterocycles. The summed E-state index contributed by atoms with van der Waals surface area (Å²) in [6, 6.07) is 14.5. The highest BCUT2D eigenvalue weighted by Crippen LogP contribution is 2.53. The van der Waals surface area contributed by atoms with Crippen molar-refractivity contribution in [2.75, 3.05) is 31.5 Å². The molecule has 0 radical (unpaired) electrons. The van der Waals surface area contributed by atoms with Crippen LogP contribution in [0.4, 0.5) is 4.79 Å². The number of ether oxygens (including phenoxy) is 1. The lowest BCUT2D eigenvalue weighted by molar-refractivity contribution is 0.0183. The van der Waals surface area contributed by atoms with E-state index in [0.29, 0.717) is 22.5 Å². The molecule has 10 heteroatoms. The molecule has 2 saturated carbocycles. The van der Waals surface area contributed by atoms with Crippen LogP contribution in [0.15, 0.2) is 48.5 Å². The zero-order valence-electron chi connectivity index (χ0n) is 27.2. The highest BCUT2D eigenvalue weighted by Gasteiger charge is 2.49. The third kappa shape index (κ3) is 9.85. The van der Waals surface area contributed by atoms with Crippen molar-refractivity contribution < 1.29 is 29.3 Å². The SMILES string of the molecule is CC(C)(C)OC(=O)N1CCC2(CC(Cc3ccc(C(=O)O)cc3)C2)C1.ClCCl.O=C(O)c1ccc(CC2CC3(CCNC3)C2)cc1. The summed E-state index contributed by atoms with van der Waals surface area (Å²) >= 11 is 9.53. The highest BCUT2D eigenvalue weighted by molar-refractivity contribution is 6.40. The second-order valence-electron chi connectivity index (χ2n) is 14.6. The van der Waals surface area contributed by atoms with Gasteiger partial charge in [0.05, 0.1) is 16.5 Å². The Morgan fingerprint density at radius 3 is 1.67 bits per heavy atom. The zero-order valence-corrected chi connectivity index (χ0v) is 28.7. The van der Waals surface area contributed by atoms with E-state index in [1.165, 1.54) is 43.5 Å². The number of hydrogen-bond donors (Lipinski definition) is 3. The van der Waals surface area contributed by atoms with E-state index in [0.717, 1.165) is 51.1 Å². The van der Waals surface area contributed by atoms with Crippen LogP contribution in [0.3, 0.4) is 0 Å². The zero-order chi connectivity index (χ0) is 33.5. The number of nitrogens with one attached hydrogen (secondary N) is 1. The molecule has 0 atom stereocenters. The Balaban J connectivity index is 0.000000201. The second-order valence-corrected chi connectivity index (χ2v) is 15.4. The average molecular weight is 676 g/mol. The van der Waals surface area contributed by atoms with Gasteiger partial charge in [-0.25, -0.2) is 14.4 Å². The van der Waals surface area contributed by atoms with Crippen LogP contribution in [-0.2, 0) is 17.6 Å². The third-order valence-electron chi connectivity index (χ3n) is 9.76. The van der Waals surface area contributed by atoms with Crippen LogP contribution in [0, 0.1) is 22.7 Å². The lowest BCUT2D eigenvalue weighted by Gasteiger charge is -2.45. The molecule has 0 unspecified atom stereocenters. The van der Waals surface area contributed by atoms with Crippen LogP contribution in [0.25, 0.3) is 0 Å². The van der Waals surface area contributed by atoms with E-state index in [1.54, 1.807) is 24.3 Å². The number of carbonyl (C=O) groups excluding carboxylic acids is 1. The number of benzene rings is 2. The Labute approximate surface area is 282 Å². The number of carbonyl (C=O) groups is 3. The minimum atomic E-state index is -0.887. The fourth-order valence-electron chi connectivity index (χ4n) is 7.75. The smallest absolute Gasteiger partial charge is 0.410 e. The maximum atomic E-state index is 12.2. The van der Waals surface area contributed by atoms with Gasteiger partial charge in [-0.15, -0.1) is 23.2 Å². The number of hydrogen-bond acceptors (Lipinski definition) is 5. The van der Waals surface area contributed by atoms with Gasteiger partial charge in [-0.3, -0.25) is 0 Å². The van der Waals surface area contributed by atoms with Crippen LogP contribution < -0.4 is 5.32 Å². The summed E-state index contributed by atoms with van der Waals surface area (Å²) in [5.74, 6) is -0.321. The molecule has 252 valence electrons. The van der Waals surface area contributed by atoms with Crippen molar-refractivity contribution >= 4 is 41.2 Å². The molecule has 4 fully saturated rings. The molecule has 1 amide bonds. The van der Waals surface area contributed by atoms with E-state index in [2.05, 4.69) is 5.32 Å².